The maximum Gasteiger partial charge on any atom is 0.0528 e. The van der Waals surface area contributed by atoms with Gasteiger partial charge in [0.1, 0.15) is 0 Å². The molecule has 2 rings (SSSR count). The van der Waals surface area contributed by atoms with Crippen LogP contribution in [0, 0.1) is 5.92 Å². The number of hydrogen-bond donors (Lipinski definition) is 1. The van der Waals surface area contributed by atoms with E-state index in [1.807, 2.05) is 18.5 Å². The van der Waals surface area contributed by atoms with Crippen molar-refractivity contribution in [2.75, 3.05) is 5.32 Å². The molecule has 1 unspecified atom stereocenters. The molecule has 1 atom stereocenters. The first kappa shape index (κ1) is 8.54. The summed E-state index contributed by atoms with van der Waals surface area (Å²) >= 11 is 0. The van der Waals surface area contributed by atoms with E-state index in [-0.39, 0.29) is 0 Å². The number of aromatic nitrogens is 1. The number of nitrogens with one attached hydrogen (secondary N) is 1. The van der Waals surface area contributed by atoms with Crippen molar-refractivity contribution in [3.05, 3.63) is 24.5 Å². The Hall–Kier alpha value is -1.05. The maximum atomic E-state index is 4.09. The van der Waals surface area contributed by atoms with Gasteiger partial charge in [0.25, 0.3) is 0 Å². The second-order valence-corrected chi connectivity index (χ2v) is 3.74. The molecule has 1 aromatic rings. The third-order valence-electron chi connectivity index (χ3n) is 2.64. The highest BCUT2D eigenvalue weighted by Crippen LogP contribution is 2.35. The summed E-state index contributed by atoms with van der Waals surface area (Å²) in [6.07, 6.45) is 7.70. The molecule has 0 amide bonds. The summed E-state index contributed by atoms with van der Waals surface area (Å²) in [5.74, 6) is 0.908. The fourth-order valence-electron chi connectivity index (χ4n) is 1.71. The van der Waals surface area contributed by atoms with Crippen LogP contribution < -0.4 is 5.32 Å². The number of rotatable bonds is 4. The monoisotopic (exact) mass is 176 g/mol. The fourth-order valence-corrected chi connectivity index (χ4v) is 1.71. The lowest BCUT2D eigenvalue weighted by molar-refractivity contribution is 0.616. The van der Waals surface area contributed by atoms with Crippen LogP contribution in [0.3, 0.4) is 0 Å². The number of nitrogens with zero attached hydrogens (tertiary/aromatic N) is 1. The van der Waals surface area contributed by atoms with Crippen molar-refractivity contribution in [3.63, 3.8) is 0 Å². The normalized spacial score (nSPS) is 18.2. The fraction of sp³-hybridized carbons (Fsp3) is 0.545. The summed E-state index contributed by atoms with van der Waals surface area (Å²) < 4.78 is 0. The predicted molar refractivity (Wildman–Crippen MR) is 54.7 cm³/mol. The van der Waals surface area contributed by atoms with Gasteiger partial charge in [-0.15, -0.1) is 0 Å². The lowest BCUT2D eigenvalue weighted by Gasteiger charge is -2.16. The lowest BCUT2D eigenvalue weighted by atomic mass is 10.1. The largest absolute Gasteiger partial charge is 0.381 e. The molecule has 0 aliphatic heterocycles. The van der Waals surface area contributed by atoms with Crippen LogP contribution in [0.5, 0.6) is 0 Å². The van der Waals surface area contributed by atoms with Crippen molar-refractivity contribution in [2.24, 2.45) is 5.92 Å². The van der Waals surface area contributed by atoms with Crippen molar-refractivity contribution in [2.45, 2.75) is 32.2 Å². The third kappa shape index (κ3) is 2.20. The van der Waals surface area contributed by atoms with Crippen LogP contribution in [-0.2, 0) is 0 Å². The van der Waals surface area contributed by atoms with E-state index in [1.165, 1.54) is 19.3 Å². The Morgan fingerprint density at radius 2 is 2.46 bits per heavy atom. The molecule has 2 heteroatoms. The van der Waals surface area contributed by atoms with E-state index in [1.54, 1.807) is 0 Å². The van der Waals surface area contributed by atoms with Crippen LogP contribution in [0.25, 0.3) is 0 Å². The zero-order valence-corrected chi connectivity index (χ0v) is 8.03. The Bertz CT molecular complexity index is 254. The molecule has 1 N–H and O–H groups in total. The average molecular weight is 176 g/mol. The van der Waals surface area contributed by atoms with Crippen LogP contribution in [-0.4, -0.2) is 11.0 Å². The van der Waals surface area contributed by atoms with E-state index in [0.29, 0.717) is 6.04 Å². The number of pyridine rings is 1. The molecule has 1 aliphatic rings. The van der Waals surface area contributed by atoms with Gasteiger partial charge in [-0.25, -0.2) is 0 Å². The first-order chi connectivity index (χ1) is 6.40. The zero-order chi connectivity index (χ0) is 9.10. The quantitative estimate of drug-likeness (QED) is 0.763. The molecule has 0 bridgehead atoms. The summed E-state index contributed by atoms with van der Waals surface area (Å²) in [4.78, 5) is 4.09. The van der Waals surface area contributed by atoms with E-state index >= 15 is 0 Å². The minimum atomic E-state index is 0.657. The second kappa shape index (κ2) is 3.77. The van der Waals surface area contributed by atoms with Gasteiger partial charge in [-0.05, 0) is 37.3 Å². The summed E-state index contributed by atoms with van der Waals surface area (Å²) in [7, 11) is 0. The highest BCUT2D eigenvalue weighted by molar-refractivity contribution is 5.41. The Morgan fingerprint density at radius 1 is 1.62 bits per heavy atom. The van der Waals surface area contributed by atoms with E-state index in [4.69, 9.17) is 0 Å². The topological polar surface area (TPSA) is 24.9 Å². The van der Waals surface area contributed by atoms with Gasteiger partial charge in [-0.1, -0.05) is 6.92 Å². The molecule has 0 aromatic carbocycles. The molecular weight excluding hydrogens is 160 g/mol. The van der Waals surface area contributed by atoms with E-state index in [2.05, 4.69) is 23.3 Å². The molecule has 1 aromatic heterocycles. The standard InChI is InChI=1S/C11H16N2/c1-2-11(9-5-6-9)13-10-4-3-7-12-8-10/h3-4,7-9,11,13H,2,5-6H2,1H3. The molecular formula is C11H16N2. The molecule has 1 fully saturated rings. The van der Waals surface area contributed by atoms with Gasteiger partial charge in [0.05, 0.1) is 5.69 Å². The summed E-state index contributed by atoms with van der Waals surface area (Å²) in [5.41, 5.74) is 1.15. The SMILES string of the molecule is CCC(Nc1cccnc1)C1CC1. The summed E-state index contributed by atoms with van der Waals surface area (Å²) in [6.45, 7) is 2.24. The van der Waals surface area contributed by atoms with Gasteiger partial charge in [-0.2, -0.15) is 0 Å². The molecule has 13 heavy (non-hydrogen) atoms. The van der Waals surface area contributed by atoms with Gasteiger partial charge in [-0.3, -0.25) is 4.98 Å². The van der Waals surface area contributed by atoms with Crippen LogP contribution >= 0.6 is 0 Å². The van der Waals surface area contributed by atoms with Crippen molar-refractivity contribution in [3.8, 4) is 0 Å². The van der Waals surface area contributed by atoms with E-state index in [9.17, 15) is 0 Å². The summed E-state index contributed by atoms with van der Waals surface area (Å²) in [5, 5.41) is 3.53. The average Bonchev–Trinajstić information content (AvgIpc) is 2.99. The first-order valence-electron chi connectivity index (χ1n) is 5.06. The number of hydrogen-bond acceptors (Lipinski definition) is 2. The van der Waals surface area contributed by atoms with Crippen molar-refractivity contribution in [1.29, 1.82) is 0 Å². The number of anilines is 1. The van der Waals surface area contributed by atoms with Crippen LogP contribution in [0.15, 0.2) is 24.5 Å². The first-order valence-corrected chi connectivity index (χ1v) is 5.06. The van der Waals surface area contributed by atoms with Gasteiger partial charge in [0.2, 0.25) is 0 Å². The van der Waals surface area contributed by atoms with Gasteiger partial charge in [0.15, 0.2) is 0 Å². The van der Waals surface area contributed by atoms with Gasteiger partial charge >= 0.3 is 0 Å². The van der Waals surface area contributed by atoms with Crippen LogP contribution in [0.4, 0.5) is 5.69 Å². The smallest absolute Gasteiger partial charge is 0.0528 e. The minimum absolute atomic E-state index is 0.657. The van der Waals surface area contributed by atoms with E-state index in [0.717, 1.165) is 11.6 Å². The van der Waals surface area contributed by atoms with Gasteiger partial charge in [0, 0.05) is 18.4 Å². The lowest BCUT2D eigenvalue weighted by Crippen LogP contribution is -2.20. The molecule has 1 aliphatic carbocycles. The molecule has 70 valence electrons. The van der Waals surface area contributed by atoms with Crippen molar-refractivity contribution >= 4 is 5.69 Å². The third-order valence-corrected chi connectivity index (χ3v) is 2.64. The Kier molecular flexibility index (Phi) is 2.48. The van der Waals surface area contributed by atoms with E-state index < -0.39 is 0 Å². The molecule has 0 radical (unpaired) electrons. The highest BCUT2D eigenvalue weighted by atomic mass is 14.9. The highest BCUT2D eigenvalue weighted by Gasteiger charge is 2.29. The van der Waals surface area contributed by atoms with Crippen molar-refractivity contribution < 1.29 is 0 Å². The maximum absolute atomic E-state index is 4.09. The molecule has 0 saturated heterocycles. The molecule has 0 spiro atoms. The summed E-state index contributed by atoms with van der Waals surface area (Å²) in [6, 6.07) is 4.71. The minimum Gasteiger partial charge on any atom is -0.381 e. The predicted octanol–water partition coefficient (Wildman–Crippen LogP) is 2.68. The van der Waals surface area contributed by atoms with Crippen LogP contribution in [0.1, 0.15) is 26.2 Å². The molecule has 2 nitrogen and oxygen atoms in total. The van der Waals surface area contributed by atoms with Gasteiger partial charge < -0.3 is 5.32 Å². The zero-order valence-electron chi connectivity index (χ0n) is 8.03. The second-order valence-electron chi connectivity index (χ2n) is 3.74. The van der Waals surface area contributed by atoms with Crippen molar-refractivity contribution in [1.82, 2.24) is 4.98 Å². The van der Waals surface area contributed by atoms with Crippen LogP contribution in [0.2, 0.25) is 0 Å². The Balaban J connectivity index is 1.95. The Morgan fingerprint density at radius 3 is 3.00 bits per heavy atom. The Labute approximate surface area is 79.4 Å². The molecule has 1 heterocycles. The molecule has 1 saturated carbocycles.